The van der Waals surface area contributed by atoms with Crippen molar-refractivity contribution in [2.24, 2.45) is 5.73 Å². The summed E-state index contributed by atoms with van der Waals surface area (Å²) >= 11 is 5.76. The van der Waals surface area contributed by atoms with E-state index in [9.17, 15) is 4.39 Å². The lowest BCUT2D eigenvalue weighted by molar-refractivity contribution is 0.615. The summed E-state index contributed by atoms with van der Waals surface area (Å²) in [5.74, 6) is -0.313. The number of nitrogens with zero attached hydrogens (tertiary/aromatic N) is 1. The number of anilines is 1. The number of fused-ring (bicyclic) bond motifs is 1. The first kappa shape index (κ1) is 10.7. The van der Waals surface area contributed by atoms with Crippen LogP contribution in [0.3, 0.4) is 0 Å². The standard InChI is InChI=1S/C11H14ClFN2/c1-7(14)6-15-5-4-8-2-3-9(12)10(13)11(8)15/h2-3,7H,4-6,14H2,1H3. The first-order chi connectivity index (χ1) is 7.09. The number of rotatable bonds is 2. The van der Waals surface area contributed by atoms with Gasteiger partial charge in [-0.2, -0.15) is 0 Å². The molecular formula is C11H14ClFN2. The Morgan fingerprint density at radius 3 is 3.00 bits per heavy atom. The highest BCUT2D eigenvalue weighted by Gasteiger charge is 2.24. The normalized spacial score (nSPS) is 16.7. The van der Waals surface area contributed by atoms with E-state index >= 15 is 0 Å². The van der Waals surface area contributed by atoms with Crippen LogP contribution < -0.4 is 10.6 Å². The van der Waals surface area contributed by atoms with E-state index in [4.69, 9.17) is 17.3 Å². The van der Waals surface area contributed by atoms with Crippen LogP contribution in [0.15, 0.2) is 12.1 Å². The topological polar surface area (TPSA) is 29.3 Å². The third kappa shape index (κ3) is 1.94. The Kier molecular flexibility index (Phi) is 2.85. The van der Waals surface area contributed by atoms with Crippen molar-refractivity contribution in [1.82, 2.24) is 0 Å². The van der Waals surface area contributed by atoms with Gasteiger partial charge < -0.3 is 10.6 Å². The summed E-state index contributed by atoms with van der Waals surface area (Å²) < 4.78 is 13.8. The molecule has 15 heavy (non-hydrogen) atoms. The fourth-order valence-corrected chi connectivity index (χ4v) is 2.17. The highest BCUT2D eigenvalue weighted by molar-refractivity contribution is 6.31. The lowest BCUT2D eigenvalue weighted by Crippen LogP contribution is -2.34. The van der Waals surface area contributed by atoms with E-state index in [2.05, 4.69) is 0 Å². The second kappa shape index (κ2) is 3.99. The molecule has 1 atom stereocenters. The van der Waals surface area contributed by atoms with Crippen LogP contribution in [-0.4, -0.2) is 19.1 Å². The Morgan fingerprint density at radius 1 is 1.60 bits per heavy atom. The maximum Gasteiger partial charge on any atom is 0.165 e. The van der Waals surface area contributed by atoms with Crippen molar-refractivity contribution in [3.63, 3.8) is 0 Å². The van der Waals surface area contributed by atoms with E-state index in [1.807, 2.05) is 17.9 Å². The third-order valence-electron chi connectivity index (χ3n) is 2.63. The van der Waals surface area contributed by atoms with Crippen molar-refractivity contribution in [3.05, 3.63) is 28.5 Å². The van der Waals surface area contributed by atoms with Gasteiger partial charge in [-0.1, -0.05) is 17.7 Å². The molecule has 0 fully saturated rings. The first-order valence-electron chi connectivity index (χ1n) is 5.07. The minimum atomic E-state index is -0.313. The molecule has 2 N–H and O–H groups in total. The molecule has 0 spiro atoms. The molecule has 1 heterocycles. The van der Waals surface area contributed by atoms with Crippen LogP contribution in [0.4, 0.5) is 10.1 Å². The SMILES string of the molecule is CC(N)CN1CCc2ccc(Cl)c(F)c21. The van der Waals surface area contributed by atoms with Gasteiger partial charge in [-0.15, -0.1) is 0 Å². The summed E-state index contributed by atoms with van der Waals surface area (Å²) in [6.45, 7) is 3.42. The minimum absolute atomic E-state index is 0.0364. The molecule has 1 aliphatic heterocycles. The predicted octanol–water partition coefficient (Wildman–Crippen LogP) is 2.19. The Labute approximate surface area is 93.8 Å². The second-order valence-electron chi connectivity index (χ2n) is 4.04. The van der Waals surface area contributed by atoms with E-state index in [0.717, 1.165) is 18.5 Å². The molecule has 0 bridgehead atoms. The van der Waals surface area contributed by atoms with E-state index in [1.54, 1.807) is 6.07 Å². The van der Waals surface area contributed by atoms with Gasteiger partial charge in [0.15, 0.2) is 5.82 Å². The average molecular weight is 229 g/mol. The van der Waals surface area contributed by atoms with Crippen LogP contribution >= 0.6 is 11.6 Å². The summed E-state index contributed by atoms with van der Waals surface area (Å²) in [6.07, 6.45) is 0.871. The number of halogens is 2. The largest absolute Gasteiger partial charge is 0.367 e. The summed E-state index contributed by atoms with van der Waals surface area (Å²) in [5, 5.41) is 0.185. The van der Waals surface area contributed by atoms with Crippen molar-refractivity contribution in [1.29, 1.82) is 0 Å². The zero-order valence-electron chi connectivity index (χ0n) is 8.63. The quantitative estimate of drug-likeness (QED) is 0.841. The van der Waals surface area contributed by atoms with Gasteiger partial charge in [-0.25, -0.2) is 4.39 Å². The van der Waals surface area contributed by atoms with Gasteiger partial charge >= 0.3 is 0 Å². The second-order valence-corrected chi connectivity index (χ2v) is 4.45. The van der Waals surface area contributed by atoms with Crippen LogP contribution in [0.25, 0.3) is 0 Å². The smallest absolute Gasteiger partial charge is 0.165 e. The molecule has 4 heteroatoms. The molecule has 0 saturated carbocycles. The molecule has 2 rings (SSSR count). The van der Waals surface area contributed by atoms with Crippen LogP contribution in [0.2, 0.25) is 5.02 Å². The van der Waals surface area contributed by atoms with Crippen molar-refractivity contribution in [2.45, 2.75) is 19.4 Å². The van der Waals surface area contributed by atoms with Crippen molar-refractivity contribution >= 4 is 17.3 Å². The Bertz CT molecular complexity index is 379. The molecule has 0 aliphatic carbocycles. The predicted molar refractivity (Wildman–Crippen MR) is 61.0 cm³/mol. The van der Waals surface area contributed by atoms with Gasteiger partial charge in [0.1, 0.15) is 0 Å². The van der Waals surface area contributed by atoms with Crippen LogP contribution in [0.1, 0.15) is 12.5 Å². The summed E-state index contributed by atoms with van der Waals surface area (Å²) in [5.41, 5.74) is 7.38. The Balaban J connectivity index is 2.36. The number of hydrogen-bond acceptors (Lipinski definition) is 2. The number of benzene rings is 1. The van der Waals surface area contributed by atoms with Gasteiger partial charge in [0, 0.05) is 19.1 Å². The zero-order chi connectivity index (χ0) is 11.0. The van der Waals surface area contributed by atoms with E-state index in [-0.39, 0.29) is 16.9 Å². The van der Waals surface area contributed by atoms with Crippen LogP contribution in [0, 0.1) is 5.82 Å². The maximum atomic E-state index is 13.8. The highest BCUT2D eigenvalue weighted by atomic mass is 35.5. The van der Waals surface area contributed by atoms with Gasteiger partial charge in [0.25, 0.3) is 0 Å². The van der Waals surface area contributed by atoms with Crippen molar-refractivity contribution in [3.8, 4) is 0 Å². The fourth-order valence-electron chi connectivity index (χ4n) is 2.02. The average Bonchev–Trinajstić information content (AvgIpc) is 2.55. The zero-order valence-corrected chi connectivity index (χ0v) is 9.39. The van der Waals surface area contributed by atoms with Gasteiger partial charge in [-0.05, 0) is 25.0 Å². The molecule has 82 valence electrons. The monoisotopic (exact) mass is 228 g/mol. The number of hydrogen-bond donors (Lipinski definition) is 1. The van der Waals surface area contributed by atoms with Crippen molar-refractivity contribution in [2.75, 3.05) is 18.0 Å². The molecule has 1 aliphatic rings. The minimum Gasteiger partial charge on any atom is -0.367 e. The lowest BCUT2D eigenvalue weighted by Gasteiger charge is -2.22. The van der Waals surface area contributed by atoms with E-state index in [1.165, 1.54) is 0 Å². The molecule has 0 aromatic heterocycles. The van der Waals surface area contributed by atoms with E-state index < -0.39 is 0 Å². The van der Waals surface area contributed by atoms with Gasteiger partial charge in [-0.3, -0.25) is 0 Å². The number of nitrogens with two attached hydrogens (primary N) is 1. The summed E-state index contributed by atoms with van der Waals surface area (Å²) in [6, 6.07) is 3.54. The van der Waals surface area contributed by atoms with Gasteiger partial charge in [0.2, 0.25) is 0 Å². The molecule has 2 nitrogen and oxygen atoms in total. The van der Waals surface area contributed by atoms with Crippen LogP contribution in [0.5, 0.6) is 0 Å². The molecule has 0 radical (unpaired) electrons. The molecule has 1 aromatic carbocycles. The summed E-state index contributed by atoms with van der Waals surface area (Å²) in [4.78, 5) is 1.97. The first-order valence-corrected chi connectivity index (χ1v) is 5.45. The highest BCUT2D eigenvalue weighted by Crippen LogP contribution is 2.34. The molecule has 1 unspecified atom stereocenters. The maximum absolute atomic E-state index is 13.8. The third-order valence-corrected chi connectivity index (χ3v) is 2.92. The lowest BCUT2D eigenvalue weighted by atomic mass is 10.1. The van der Waals surface area contributed by atoms with Crippen molar-refractivity contribution < 1.29 is 4.39 Å². The van der Waals surface area contributed by atoms with E-state index in [0.29, 0.717) is 12.2 Å². The Hall–Kier alpha value is -0.800. The van der Waals surface area contributed by atoms with Crippen LogP contribution in [-0.2, 0) is 6.42 Å². The molecular weight excluding hydrogens is 215 g/mol. The van der Waals surface area contributed by atoms with Gasteiger partial charge in [0.05, 0.1) is 10.7 Å². The summed E-state index contributed by atoms with van der Waals surface area (Å²) in [7, 11) is 0. The Morgan fingerprint density at radius 2 is 2.33 bits per heavy atom. The fraction of sp³-hybridized carbons (Fsp3) is 0.455. The molecule has 1 aromatic rings. The molecule has 0 amide bonds. The molecule has 0 saturated heterocycles.